The Balaban J connectivity index is 1.52. The Kier molecular flexibility index (Phi) is 5.16. The van der Waals surface area contributed by atoms with E-state index < -0.39 is 41.4 Å². The second-order valence-electron chi connectivity index (χ2n) is 8.06. The highest BCUT2D eigenvalue weighted by molar-refractivity contribution is 5.95. The summed E-state index contributed by atoms with van der Waals surface area (Å²) in [6, 6.07) is 2.48. The molecular weight excluding hydrogens is 394 g/mol. The average Bonchev–Trinajstić information content (AvgIpc) is 3.17. The number of aromatic nitrogens is 2. The van der Waals surface area contributed by atoms with Crippen molar-refractivity contribution in [1.82, 2.24) is 14.9 Å². The first-order chi connectivity index (χ1) is 14.1. The Hall–Kier alpha value is -2.69. The predicted octanol–water partition coefficient (Wildman–Crippen LogP) is 0.636. The molecular formula is C20H25N3O7. The molecule has 0 radical (unpaired) electrons. The van der Waals surface area contributed by atoms with E-state index in [9.17, 15) is 14.4 Å². The van der Waals surface area contributed by atoms with Crippen LogP contribution in [0.15, 0.2) is 32.3 Å². The van der Waals surface area contributed by atoms with Gasteiger partial charge in [0.1, 0.15) is 29.8 Å². The molecule has 162 valence electrons. The third-order valence-electron chi connectivity index (χ3n) is 5.35. The SMILES string of the molecule is Cc1cc(C(=O)NC[C@H]2OC[C@@H](n3ccc(=O)[nH]c3=O)[C@@H]3OC(C)(C)O[C@@H]32)c(C)o1. The summed E-state index contributed by atoms with van der Waals surface area (Å²) in [6.07, 6.45) is -0.0430. The number of hydrogen-bond acceptors (Lipinski definition) is 7. The van der Waals surface area contributed by atoms with E-state index in [0.717, 1.165) is 0 Å². The number of fused-ring (bicyclic) bond motifs is 1. The van der Waals surface area contributed by atoms with E-state index in [1.165, 1.54) is 16.8 Å². The number of carbonyl (C=O) groups excluding carboxylic acids is 1. The normalized spacial score (nSPS) is 27.6. The van der Waals surface area contributed by atoms with Crippen LogP contribution in [0.2, 0.25) is 0 Å². The molecule has 2 saturated heterocycles. The summed E-state index contributed by atoms with van der Waals surface area (Å²) >= 11 is 0. The van der Waals surface area contributed by atoms with E-state index in [1.807, 2.05) is 0 Å². The highest BCUT2D eigenvalue weighted by atomic mass is 16.8. The van der Waals surface area contributed by atoms with Crippen LogP contribution < -0.4 is 16.6 Å². The van der Waals surface area contributed by atoms with Crippen molar-refractivity contribution in [2.45, 2.75) is 57.8 Å². The van der Waals surface area contributed by atoms with Crippen LogP contribution in [-0.2, 0) is 14.2 Å². The number of ether oxygens (including phenoxy) is 3. The van der Waals surface area contributed by atoms with Gasteiger partial charge in [0.05, 0.1) is 18.2 Å². The molecule has 4 rings (SSSR count). The van der Waals surface area contributed by atoms with Gasteiger partial charge in [0.2, 0.25) is 0 Å². The highest BCUT2D eigenvalue weighted by Crippen LogP contribution is 2.39. The van der Waals surface area contributed by atoms with Crippen molar-refractivity contribution in [2.75, 3.05) is 13.2 Å². The van der Waals surface area contributed by atoms with Crippen LogP contribution >= 0.6 is 0 Å². The van der Waals surface area contributed by atoms with E-state index in [2.05, 4.69) is 10.3 Å². The van der Waals surface area contributed by atoms with Gasteiger partial charge in [-0.1, -0.05) is 0 Å². The lowest BCUT2D eigenvalue weighted by Crippen LogP contribution is -2.54. The van der Waals surface area contributed by atoms with E-state index in [1.54, 1.807) is 33.8 Å². The minimum atomic E-state index is -0.881. The first-order valence-electron chi connectivity index (χ1n) is 9.78. The van der Waals surface area contributed by atoms with Gasteiger partial charge in [0, 0.05) is 18.8 Å². The molecule has 4 atom stereocenters. The van der Waals surface area contributed by atoms with Crippen LogP contribution in [0.25, 0.3) is 0 Å². The summed E-state index contributed by atoms with van der Waals surface area (Å²) < 4.78 is 24.9. The van der Waals surface area contributed by atoms with Gasteiger partial charge >= 0.3 is 5.69 Å². The fourth-order valence-electron chi connectivity index (χ4n) is 4.06. The van der Waals surface area contributed by atoms with Gasteiger partial charge in [0.25, 0.3) is 11.5 Å². The predicted molar refractivity (Wildman–Crippen MR) is 104 cm³/mol. The number of carbonyl (C=O) groups is 1. The van der Waals surface area contributed by atoms with E-state index in [-0.39, 0.29) is 19.1 Å². The Morgan fingerprint density at radius 1 is 1.27 bits per heavy atom. The van der Waals surface area contributed by atoms with Crippen LogP contribution in [0.3, 0.4) is 0 Å². The Morgan fingerprint density at radius 2 is 2.00 bits per heavy atom. The second-order valence-corrected chi connectivity index (χ2v) is 8.06. The summed E-state index contributed by atoms with van der Waals surface area (Å²) in [5.41, 5.74) is -0.541. The van der Waals surface area contributed by atoms with Crippen LogP contribution in [0.1, 0.15) is 41.8 Å². The summed E-state index contributed by atoms with van der Waals surface area (Å²) in [6.45, 7) is 7.45. The van der Waals surface area contributed by atoms with Crippen LogP contribution in [0.5, 0.6) is 0 Å². The van der Waals surface area contributed by atoms with Gasteiger partial charge in [-0.15, -0.1) is 0 Å². The average molecular weight is 419 g/mol. The molecule has 10 nitrogen and oxygen atoms in total. The summed E-state index contributed by atoms with van der Waals surface area (Å²) in [4.78, 5) is 38.4. The lowest BCUT2D eigenvalue weighted by Gasteiger charge is -2.37. The molecule has 4 heterocycles. The van der Waals surface area contributed by atoms with Gasteiger partial charge < -0.3 is 23.9 Å². The molecule has 0 aromatic carbocycles. The lowest BCUT2D eigenvalue weighted by molar-refractivity contribution is -0.153. The van der Waals surface area contributed by atoms with Gasteiger partial charge in [-0.3, -0.25) is 19.1 Å². The standard InChI is InChI=1S/C20H25N3O7/c1-10-7-12(11(2)28-10)18(25)21-8-14-17-16(29-20(3,4)30-17)13(9-27-14)23-6-5-15(24)22-19(23)26/h5-7,13-14,16-17H,8-9H2,1-4H3,(H,21,25)(H,22,24,26)/t13-,14-,16+,17-/m1/s1. The van der Waals surface area contributed by atoms with Gasteiger partial charge in [-0.25, -0.2) is 4.79 Å². The van der Waals surface area contributed by atoms with Crippen molar-refractivity contribution in [1.29, 1.82) is 0 Å². The van der Waals surface area contributed by atoms with Crippen LogP contribution in [-0.4, -0.2) is 52.7 Å². The maximum absolute atomic E-state index is 12.5. The largest absolute Gasteiger partial charge is 0.466 e. The third kappa shape index (κ3) is 3.85. The lowest BCUT2D eigenvalue weighted by atomic mass is 9.97. The number of aryl methyl sites for hydroxylation is 2. The summed E-state index contributed by atoms with van der Waals surface area (Å²) in [5, 5.41) is 2.86. The zero-order chi connectivity index (χ0) is 21.6. The molecule has 2 aliphatic heterocycles. The Morgan fingerprint density at radius 3 is 2.67 bits per heavy atom. The topological polar surface area (TPSA) is 125 Å². The number of aromatic amines is 1. The Labute approximate surface area is 172 Å². The number of nitrogens with one attached hydrogen (secondary N) is 2. The van der Waals surface area contributed by atoms with Crippen molar-refractivity contribution in [3.63, 3.8) is 0 Å². The molecule has 0 aliphatic carbocycles. The van der Waals surface area contributed by atoms with Crippen LogP contribution in [0.4, 0.5) is 0 Å². The Bertz CT molecular complexity index is 1070. The zero-order valence-corrected chi connectivity index (χ0v) is 17.3. The van der Waals surface area contributed by atoms with Crippen LogP contribution in [0, 0.1) is 13.8 Å². The first-order valence-corrected chi connectivity index (χ1v) is 9.78. The molecule has 2 aliphatic rings. The minimum Gasteiger partial charge on any atom is -0.466 e. The molecule has 0 bridgehead atoms. The van der Waals surface area contributed by atoms with Crippen molar-refractivity contribution in [2.24, 2.45) is 0 Å². The number of nitrogens with zero attached hydrogens (tertiary/aromatic N) is 1. The van der Waals surface area contributed by atoms with Crippen molar-refractivity contribution < 1.29 is 23.4 Å². The molecule has 2 fully saturated rings. The van der Waals surface area contributed by atoms with E-state index in [4.69, 9.17) is 18.6 Å². The number of amides is 1. The number of hydrogen-bond donors (Lipinski definition) is 2. The molecule has 30 heavy (non-hydrogen) atoms. The van der Waals surface area contributed by atoms with Crippen molar-refractivity contribution in [3.8, 4) is 0 Å². The molecule has 2 aromatic heterocycles. The molecule has 2 N–H and O–H groups in total. The smallest absolute Gasteiger partial charge is 0.328 e. The van der Waals surface area contributed by atoms with Gasteiger partial charge in [0.15, 0.2) is 5.79 Å². The summed E-state index contributed by atoms with van der Waals surface area (Å²) in [5.74, 6) is 0.0661. The fraction of sp³-hybridized carbons (Fsp3) is 0.550. The second kappa shape index (κ2) is 7.53. The molecule has 0 unspecified atom stereocenters. The number of furan rings is 1. The maximum Gasteiger partial charge on any atom is 0.328 e. The molecule has 0 saturated carbocycles. The van der Waals surface area contributed by atoms with E-state index in [0.29, 0.717) is 17.1 Å². The molecule has 2 aromatic rings. The highest BCUT2D eigenvalue weighted by Gasteiger charge is 2.52. The maximum atomic E-state index is 12.5. The van der Waals surface area contributed by atoms with Gasteiger partial charge in [-0.05, 0) is 33.8 Å². The third-order valence-corrected chi connectivity index (χ3v) is 5.35. The van der Waals surface area contributed by atoms with Gasteiger partial charge in [-0.2, -0.15) is 0 Å². The van der Waals surface area contributed by atoms with E-state index >= 15 is 0 Å². The molecule has 0 spiro atoms. The molecule has 1 amide bonds. The fourth-order valence-corrected chi connectivity index (χ4v) is 4.06. The first kappa shape index (κ1) is 20.6. The minimum absolute atomic E-state index is 0.164. The van der Waals surface area contributed by atoms with Crippen molar-refractivity contribution >= 4 is 5.91 Å². The number of H-pyrrole nitrogens is 1. The zero-order valence-electron chi connectivity index (χ0n) is 17.3. The summed E-state index contributed by atoms with van der Waals surface area (Å²) in [7, 11) is 0. The quantitative estimate of drug-likeness (QED) is 0.745. The van der Waals surface area contributed by atoms with Crippen molar-refractivity contribution in [3.05, 3.63) is 56.3 Å². The number of rotatable bonds is 4. The monoisotopic (exact) mass is 419 g/mol. The molecule has 10 heteroatoms.